The number of carboxylic acids is 1. The molecule has 0 radical (unpaired) electrons. The first-order valence-corrected chi connectivity index (χ1v) is 5.93. The predicted molar refractivity (Wildman–Crippen MR) is 72.2 cm³/mol. The van der Waals surface area contributed by atoms with Crippen LogP contribution in [0.15, 0.2) is 24.3 Å². The zero-order valence-electron chi connectivity index (χ0n) is 11.6. The van der Waals surface area contributed by atoms with Crippen LogP contribution in [0.3, 0.4) is 0 Å². The number of carbonyl (C=O) groups is 2. The first kappa shape index (κ1) is 15.0. The van der Waals surface area contributed by atoms with Gasteiger partial charge in [-0.2, -0.15) is 0 Å². The Morgan fingerprint density at radius 3 is 2.42 bits per heavy atom. The van der Waals surface area contributed by atoms with Crippen LogP contribution in [0.1, 0.15) is 20.8 Å². The van der Waals surface area contributed by atoms with Crippen molar-refractivity contribution in [1.82, 2.24) is 0 Å². The van der Waals surface area contributed by atoms with E-state index in [-0.39, 0.29) is 0 Å². The molecular weight excluding hydrogens is 246 g/mol. The summed E-state index contributed by atoms with van der Waals surface area (Å²) in [5.41, 5.74) is -0.144. The Labute approximate surface area is 112 Å². The molecule has 1 rings (SSSR count). The van der Waals surface area contributed by atoms with Gasteiger partial charge in [-0.3, -0.25) is 9.59 Å². The molecule has 0 aromatic heterocycles. The normalized spacial score (nSPS) is 12.6. The highest BCUT2D eigenvalue weighted by molar-refractivity contribution is 6.04. The van der Waals surface area contributed by atoms with Crippen LogP contribution in [0.25, 0.3) is 0 Å². The Morgan fingerprint density at radius 1 is 1.32 bits per heavy atom. The van der Waals surface area contributed by atoms with Crippen molar-refractivity contribution in [2.24, 2.45) is 11.3 Å². The van der Waals surface area contributed by atoms with Gasteiger partial charge in [-0.15, -0.1) is 0 Å². The molecule has 2 N–H and O–H groups in total. The van der Waals surface area contributed by atoms with Crippen molar-refractivity contribution in [1.29, 1.82) is 0 Å². The molecule has 0 saturated carbocycles. The summed E-state index contributed by atoms with van der Waals surface area (Å²) in [6.45, 7) is 5.16. The summed E-state index contributed by atoms with van der Waals surface area (Å²) in [7, 11) is 1.52. The van der Waals surface area contributed by atoms with Crippen LogP contribution >= 0.6 is 0 Å². The number of ether oxygens (including phenoxy) is 1. The summed E-state index contributed by atoms with van der Waals surface area (Å²) >= 11 is 0. The maximum Gasteiger partial charge on any atom is 0.316 e. The second-order valence-corrected chi connectivity index (χ2v) is 5.36. The van der Waals surface area contributed by atoms with E-state index in [1.807, 2.05) is 0 Å². The van der Waals surface area contributed by atoms with Gasteiger partial charge in [0.25, 0.3) is 0 Å². The number of carbonyl (C=O) groups excluding carboxylic acids is 1. The number of hydrogen-bond donors (Lipinski definition) is 2. The van der Waals surface area contributed by atoms with E-state index in [0.717, 1.165) is 0 Å². The number of nitrogens with one attached hydrogen (secondary N) is 1. The number of methoxy groups -OCH3 is 1. The van der Waals surface area contributed by atoms with Gasteiger partial charge in [-0.25, -0.2) is 0 Å². The van der Waals surface area contributed by atoms with E-state index in [1.54, 1.807) is 45.0 Å². The quantitative estimate of drug-likeness (QED) is 0.819. The Bertz CT molecular complexity index is 477. The monoisotopic (exact) mass is 265 g/mol. The van der Waals surface area contributed by atoms with Crippen LogP contribution in [-0.4, -0.2) is 24.1 Å². The predicted octanol–water partition coefficient (Wildman–Crippen LogP) is 2.38. The van der Waals surface area contributed by atoms with E-state index in [4.69, 9.17) is 4.74 Å². The van der Waals surface area contributed by atoms with E-state index >= 15 is 0 Å². The van der Waals surface area contributed by atoms with Crippen molar-refractivity contribution >= 4 is 17.6 Å². The number of rotatable bonds is 4. The molecule has 5 heteroatoms. The lowest BCUT2D eigenvalue weighted by Gasteiger charge is -2.25. The third kappa shape index (κ3) is 3.98. The fraction of sp³-hybridized carbons (Fsp3) is 0.429. The summed E-state index contributed by atoms with van der Waals surface area (Å²) in [6.07, 6.45) is 0. The van der Waals surface area contributed by atoms with Crippen molar-refractivity contribution in [3.05, 3.63) is 24.3 Å². The molecule has 0 bridgehead atoms. The third-order valence-electron chi connectivity index (χ3n) is 2.71. The minimum Gasteiger partial charge on any atom is -0.497 e. The molecule has 0 aliphatic heterocycles. The number of carboxylic acid groups (broad SMARTS) is 1. The molecule has 104 valence electrons. The van der Waals surface area contributed by atoms with Gasteiger partial charge in [0.15, 0.2) is 0 Å². The topological polar surface area (TPSA) is 75.6 Å². The first-order chi connectivity index (χ1) is 8.75. The fourth-order valence-corrected chi connectivity index (χ4v) is 1.79. The summed E-state index contributed by atoms with van der Waals surface area (Å²) in [4.78, 5) is 23.3. The molecule has 5 nitrogen and oxygen atoms in total. The number of amides is 1. The summed E-state index contributed by atoms with van der Waals surface area (Å²) in [6, 6.07) is 6.79. The first-order valence-electron chi connectivity index (χ1n) is 5.93. The molecule has 1 unspecified atom stereocenters. The van der Waals surface area contributed by atoms with Gasteiger partial charge < -0.3 is 15.2 Å². The highest BCUT2D eigenvalue weighted by Gasteiger charge is 2.37. The number of anilines is 1. The maximum atomic E-state index is 12.1. The largest absolute Gasteiger partial charge is 0.497 e. The van der Waals surface area contributed by atoms with Gasteiger partial charge >= 0.3 is 5.97 Å². The number of benzene rings is 1. The molecule has 0 saturated heterocycles. The van der Waals surface area contributed by atoms with Gasteiger partial charge in [-0.1, -0.05) is 26.8 Å². The van der Waals surface area contributed by atoms with Crippen molar-refractivity contribution in [3.8, 4) is 5.75 Å². The molecule has 0 fully saturated rings. The number of hydrogen-bond acceptors (Lipinski definition) is 3. The lowest BCUT2D eigenvalue weighted by molar-refractivity contribution is -0.149. The molecule has 19 heavy (non-hydrogen) atoms. The zero-order chi connectivity index (χ0) is 14.6. The van der Waals surface area contributed by atoms with E-state index in [1.165, 1.54) is 7.11 Å². The third-order valence-corrected chi connectivity index (χ3v) is 2.71. The van der Waals surface area contributed by atoms with Crippen LogP contribution in [0.2, 0.25) is 0 Å². The van der Waals surface area contributed by atoms with E-state index in [2.05, 4.69) is 5.32 Å². The maximum absolute atomic E-state index is 12.1. The molecule has 0 heterocycles. The number of aliphatic carboxylic acids is 1. The van der Waals surface area contributed by atoms with Crippen molar-refractivity contribution in [2.45, 2.75) is 20.8 Å². The fourth-order valence-electron chi connectivity index (χ4n) is 1.79. The second-order valence-electron chi connectivity index (χ2n) is 5.36. The average molecular weight is 265 g/mol. The van der Waals surface area contributed by atoms with Gasteiger partial charge in [-0.05, 0) is 17.5 Å². The molecule has 1 atom stereocenters. The van der Waals surface area contributed by atoms with E-state index < -0.39 is 23.2 Å². The SMILES string of the molecule is COc1cccc(NC(=O)C(C(=O)O)C(C)(C)C)c1. The Kier molecular flexibility index (Phi) is 4.53. The molecule has 1 aromatic rings. The van der Waals surface area contributed by atoms with Gasteiger partial charge in [0.2, 0.25) is 5.91 Å². The second kappa shape index (κ2) is 5.73. The van der Waals surface area contributed by atoms with Crippen LogP contribution in [-0.2, 0) is 9.59 Å². The zero-order valence-corrected chi connectivity index (χ0v) is 11.6. The molecule has 0 spiro atoms. The smallest absolute Gasteiger partial charge is 0.316 e. The standard InChI is InChI=1S/C14H19NO4/c1-14(2,3)11(13(17)18)12(16)15-9-6-5-7-10(8-9)19-4/h5-8,11H,1-4H3,(H,15,16)(H,17,18). The van der Waals surface area contributed by atoms with Crippen molar-refractivity contribution in [2.75, 3.05) is 12.4 Å². The molecular formula is C14H19NO4. The van der Waals surface area contributed by atoms with Crippen LogP contribution in [0.5, 0.6) is 5.75 Å². The molecule has 1 aromatic carbocycles. The van der Waals surface area contributed by atoms with Gasteiger partial charge in [0, 0.05) is 11.8 Å². The van der Waals surface area contributed by atoms with Crippen molar-refractivity contribution in [3.63, 3.8) is 0 Å². The molecule has 0 aliphatic carbocycles. The minimum absolute atomic E-state index is 0.514. The summed E-state index contributed by atoms with van der Waals surface area (Å²) in [5.74, 6) is -2.18. The van der Waals surface area contributed by atoms with E-state index in [0.29, 0.717) is 11.4 Å². The van der Waals surface area contributed by atoms with Crippen molar-refractivity contribution < 1.29 is 19.4 Å². The summed E-state index contributed by atoms with van der Waals surface area (Å²) < 4.78 is 5.04. The lowest BCUT2D eigenvalue weighted by atomic mass is 9.80. The Hall–Kier alpha value is -2.04. The highest BCUT2D eigenvalue weighted by Crippen LogP contribution is 2.28. The Balaban J connectivity index is 2.91. The Morgan fingerprint density at radius 2 is 1.95 bits per heavy atom. The molecule has 0 aliphatic rings. The minimum atomic E-state index is -1.13. The van der Waals surface area contributed by atoms with Crippen LogP contribution in [0, 0.1) is 11.3 Å². The lowest BCUT2D eigenvalue weighted by Crippen LogP contribution is -2.39. The van der Waals surface area contributed by atoms with Gasteiger partial charge in [0.05, 0.1) is 7.11 Å². The summed E-state index contributed by atoms with van der Waals surface area (Å²) in [5, 5.41) is 11.8. The highest BCUT2D eigenvalue weighted by atomic mass is 16.5. The average Bonchev–Trinajstić information content (AvgIpc) is 2.26. The molecule has 1 amide bonds. The van der Waals surface area contributed by atoms with E-state index in [9.17, 15) is 14.7 Å². The van der Waals surface area contributed by atoms with Gasteiger partial charge in [0.1, 0.15) is 11.7 Å². The van der Waals surface area contributed by atoms with Crippen LogP contribution < -0.4 is 10.1 Å². The van der Waals surface area contributed by atoms with Crippen LogP contribution in [0.4, 0.5) is 5.69 Å².